The van der Waals surface area contributed by atoms with Gasteiger partial charge in [0.1, 0.15) is 11.7 Å². The second kappa shape index (κ2) is 11.3. The lowest BCUT2D eigenvalue weighted by molar-refractivity contribution is -0.128. The predicted molar refractivity (Wildman–Crippen MR) is 113 cm³/mol. The number of carbonyl (C=O) groups excluding carboxylic acids is 2. The van der Waals surface area contributed by atoms with E-state index in [4.69, 9.17) is 9.47 Å². The van der Waals surface area contributed by atoms with E-state index in [1.807, 2.05) is 36.4 Å². The molecule has 0 aliphatic heterocycles. The lowest BCUT2D eigenvalue weighted by Crippen LogP contribution is -2.49. The Kier molecular flexibility index (Phi) is 8.80. The molecule has 0 fully saturated rings. The zero-order chi connectivity index (χ0) is 22.0. The smallest absolute Gasteiger partial charge is 0.407 e. The molecular weight excluding hydrogens is 384 g/mol. The Labute approximate surface area is 177 Å². The van der Waals surface area contributed by atoms with Crippen molar-refractivity contribution in [2.45, 2.75) is 57.8 Å². The maximum absolute atomic E-state index is 12.5. The molecule has 30 heavy (non-hydrogen) atoms. The van der Waals surface area contributed by atoms with Crippen LogP contribution < -0.4 is 10.1 Å². The number of carbonyl (C=O) groups is 2. The molecule has 2 atom stereocenters. The standard InChI is InChI=1S/C23H30N2O5/c1-23(2,3)30-22(28)25-18(16-17-10-5-4-6-11-17)21(27)19(26)12-9-15-29-20-13-7-8-14-24-20/h4-8,10-11,13-14,18,21,27H,9,12,15-16H2,1-3H3,(H,25,28)/t18-,21-/m0/s1. The van der Waals surface area contributed by atoms with E-state index >= 15 is 0 Å². The summed E-state index contributed by atoms with van der Waals surface area (Å²) < 4.78 is 10.8. The van der Waals surface area contributed by atoms with Crippen molar-refractivity contribution in [1.82, 2.24) is 10.3 Å². The first-order chi connectivity index (χ1) is 14.2. The molecule has 2 rings (SSSR count). The van der Waals surface area contributed by atoms with Crippen molar-refractivity contribution >= 4 is 11.9 Å². The zero-order valence-corrected chi connectivity index (χ0v) is 17.7. The number of nitrogens with zero attached hydrogens (tertiary/aromatic N) is 1. The van der Waals surface area contributed by atoms with Crippen LogP contribution in [0.5, 0.6) is 5.88 Å². The molecule has 1 aromatic carbocycles. The highest BCUT2D eigenvalue weighted by atomic mass is 16.6. The summed E-state index contributed by atoms with van der Waals surface area (Å²) in [4.78, 5) is 28.8. The fourth-order valence-corrected chi connectivity index (χ4v) is 2.80. The highest BCUT2D eigenvalue weighted by molar-refractivity contribution is 5.84. The van der Waals surface area contributed by atoms with Crippen LogP contribution in [-0.4, -0.2) is 46.3 Å². The average Bonchev–Trinajstić information content (AvgIpc) is 2.70. The summed E-state index contributed by atoms with van der Waals surface area (Å²) in [5.74, 6) is 0.121. The van der Waals surface area contributed by atoms with E-state index in [1.165, 1.54) is 0 Å². The molecule has 1 amide bonds. The third-order valence-corrected chi connectivity index (χ3v) is 4.17. The van der Waals surface area contributed by atoms with E-state index < -0.39 is 23.8 Å². The first-order valence-electron chi connectivity index (χ1n) is 10.0. The van der Waals surface area contributed by atoms with E-state index in [0.717, 1.165) is 5.56 Å². The van der Waals surface area contributed by atoms with Gasteiger partial charge in [-0.05, 0) is 45.2 Å². The normalized spacial score (nSPS) is 13.2. The van der Waals surface area contributed by atoms with Gasteiger partial charge in [0.25, 0.3) is 0 Å². The second-order valence-electron chi connectivity index (χ2n) is 7.97. The van der Waals surface area contributed by atoms with Crippen LogP contribution in [0.3, 0.4) is 0 Å². The summed E-state index contributed by atoms with van der Waals surface area (Å²) in [5.41, 5.74) is 0.211. The molecule has 0 bridgehead atoms. The summed E-state index contributed by atoms with van der Waals surface area (Å²) >= 11 is 0. The molecule has 0 unspecified atom stereocenters. The van der Waals surface area contributed by atoms with Crippen molar-refractivity contribution in [1.29, 1.82) is 0 Å². The number of alkyl carbamates (subject to hydrolysis) is 1. The highest BCUT2D eigenvalue weighted by Crippen LogP contribution is 2.12. The number of pyridine rings is 1. The van der Waals surface area contributed by atoms with Gasteiger partial charge in [0, 0.05) is 18.7 Å². The van der Waals surface area contributed by atoms with E-state index in [-0.39, 0.29) is 12.2 Å². The maximum Gasteiger partial charge on any atom is 0.407 e. The number of rotatable bonds is 10. The van der Waals surface area contributed by atoms with Crippen LogP contribution in [0.4, 0.5) is 4.79 Å². The van der Waals surface area contributed by atoms with Gasteiger partial charge >= 0.3 is 6.09 Å². The van der Waals surface area contributed by atoms with Crippen molar-refractivity contribution in [2.75, 3.05) is 6.61 Å². The van der Waals surface area contributed by atoms with Crippen LogP contribution in [-0.2, 0) is 16.0 Å². The van der Waals surface area contributed by atoms with Gasteiger partial charge in [0.05, 0.1) is 12.6 Å². The lowest BCUT2D eigenvalue weighted by atomic mass is 9.97. The average molecular weight is 415 g/mol. The molecule has 162 valence electrons. The first-order valence-corrected chi connectivity index (χ1v) is 10.0. The van der Waals surface area contributed by atoms with Crippen LogP contribution in [0, 0.1) is 0 Å². The number of benzene rings is 1. The van der Waals surface area contributed by atoms with Gasteiger partial charge < -0.3 is 19.9 Å². The summed E-state index contributed by atoms with van der Waals surface area (Å²) in [5, 5.41) is 13.3. The molecule has 1 aromatic heterocycles. The summed E-state index contributed by atoms with van der Waals surface area (Å²) in [6.45, 7) is 5.56. The third-order valence-electron chi connectivity index (χ3n) is 4.17. The Hall–Kier alpha value is -2.93. The number of ketones is 1. The number of aliphatic hydroxyl groups excluding tert-OH is 1. The fourth-order valence-electron chi connectivity index (χ4n) is 2.80. The topological polar surface area (TPSA) is 97.8 Å². The number of amides is 1. The second-order valence-corrected chi connectivity index (χ2v) is 7.97. The molecule has 2 aromatic rings. The molecule has 0 radical (unpaired) electrons. The monoisotopic (exact) mass is 414 g/mol. The zero-order valence-electron chi connectivity index (χ0n) is 17.7. The predicted octanol–water partition coefficient (Wildman–Crippen LogP) is 3.31. The van der Waals surface area contributed by atoms with Crippen LogP contribution in [0.1, 0.15) is 39.2 Å². The number of nitrogens with one attached hydrogen (secondary N) is 1. The number of aromatic nitrogens is 1. The molecule has 0 aliphatic rings. The molecular formula is C23H30N2O5. The largest absolute Gasteiger partial charge is 0.478 e. The Balaban J connectivity index is 1.93. The molecule has 0 saturated carbocycles. The van der Waals surface area contributed by atoms with E-state index in [0.29, 0.717) is 25.3 Å². The number of hydrogen-bond acceptors (Lipinski definition) is 6. The summed E-state index contributed by atoms with van der Waals surface area (Å²) in [6.07, 6.45) is 0.450. The molecule has 1 heterocycles. The van der Waals surface area contributed by atoms with Crippen molar-refractivity contribution < 1.29 is 24.2 Å². The van der Waals surface area contributed by atoms with Crippen molar-refractivity contribution in [3.63, 3.8) is 0 Å². The molecule has 2 N–H and O–H groups in total. The Bertz CT molecular complexity index is 790. The van der Waals surface area contributed by atoms with Crippen LogP contribution in [0.15, 0.2) is 54.7 Å². The number of ether oxygens (including phenoxy) is 2. The summed E-state index contributed by atoms with van der Waals surface area (Å²) in [6, 6.07) is 13.9. The van der Waals surface area contributed by atoms with Crippen molar-refractivity contribution in [3.05, 3.63) is 60.3 Å². The Morgan fingerprint density at radius 3 is 2.43 bits per heavy atom. The summed E-state index contributed by atoms with van der Waals surface area (Å²) in [7, 11) is 0. The Morgan fingerprint density at radius 1 is 1.10 bits per heavy atom. The SMILES string of the molecule is CC(C)(C)OC(=O)N[C@@H](Cc1ccccc1)[C@H](O)C(=O)CCCOc1ccccn1. The number of aliphatic hydroxyl groups is 1. The van der Waals surface area contributed by atoms with Crippen LogP contribution in [0.2, 0.25) is 0 Å². The molecule has 0 spiro atoms. The lowest BCUT2D eigenvalue weighted by Gasteiger charge is -2.26. The van der Waals surface area contributed by atoms with Gasteiger partial charge in [-0.15, -0.1) is 0 Å². The quantitative estimate of drug-likeness (QED) is 0.579. The molecule has 0 aliphatic carbocycles. The first kappa shape index (κ1) is 23.3. The van der Waals surface area contributed by atoms with E-state index in [9.17, 15) is 14.7 Å². The molecule has 7 heteroatoms. The van der Waals surface area contributed by atoms with Gasteiger partial charge in [-0.1, -0.05) is 36.4 Å². The van der Waals surface area contributed by atoms with Gasteiger partial charge in [-0.2, -0.15) is 0 Å². The van der Waals surface area contributed by atoms with Gasteiger partial charge in [-0.3, -0.25) is 4.79 Å². The fraction of sp³-hybridized carbons (Fsp3) is 0.435. The highest BCUT2D eigenvalue weighted by Gasteiger charge is 2.29. The minimum absolute atomic E-state index is 0.120. The minimum Gasteiger partial charge on any atom is -0.478 e. The molecule has 0 saturated heterocycles. The Morgan fingerprint density at radius 2 is 1.80 bits per heavy atom. The van der Waals surface area contributed by atoms with Gasteiger partial charge in [0.2, 0.25) is 5.88 Å². The third kappa shape index (κ3) is 8.61. The van der Waals surface area contributed by atoms with Gasteiger partial charge in [0.15, 0.2) is 5.78 Å². The van der Waals surface area contributed by atoms with E-state index in [1.54, 1.807) is 39.1 Å². The number of Topliss-reactive ketones (excluding diaryl/α,β-unsaturated/α-hetero) is 1. The van der Waals surface area contributed by atoms with Crippen LogP contribution in [0.25, 0.3) is 0 Å². The van der Waals surface area contributed by atoms with Crippen LogP contribution >= 0.6 is 0 Å². The number of hydrogen-bond donors (Lipinski definition) is 2. The van der Waals surface area contributed by atoms with E-state index in [2.05, 4.69) is 10.3 Å². The molecule has 7 nitrogen and oxygen atoms in total. The minimum atomic E-state index is -1.35. The van der Waals surface area contributed by atoms with Crippen molar-refractivity contribution in [2.24, 2.45) is 0 Å². The van der Waals surface area contributed by atoms with Crippen molar-refractivity contribution in [3.8, 4) is 5.88 Å². The van der Waals surface area contributed by atoms with Gasteiger partial charge in [-0.25, -0.2) is 9.78 Å². The maximum atomic E-state index is 12.5.